The number of ether oxygens (including phenoxy) is 2. The lowest BCUT2D eigenvalue weighted by Gasteiger charge is -2.11. The number of nitrogens with zero attached hydrogens (tertiary/aromatic N) is 2. The average Bonchev–Trinajstić information content (AvgIpc) is 3.01. The highest BCUT2D eigenvalue weighted by atomic mass is 16.5. The van der Waals surface area contributed by atoms with Gasteiger partial charge in [0.1, 0.15) is 5.75 Å². The molecule has 0 atom stereocenters. The van der Waals surface area contributed by atoms with Gasteiger partial charge in [-0.3, -0.25) is 10.1 Å². The number of rotatable bonds is 9. The van der Waals surface area contributed by atoms with Gasteiger partial charge < -0.3 is 14.0 Å². The standard InChI is InChI=1S/C21H25N3O3/c1-3-26-14-8-13-24-18-11-6-5-10-17(18)22-21(24)23-20(25)15-27-19-12-7-4-9-16(19)2/h4-7,9-12H,3,8,13-15H2,1-2H3,(H,22,23,25). The molecule has 3 rings (SSSR count). The molecule has 1 amide bonds. The number of para-hydroxylation sites is 3. The largest absolute Gasteiger partial charge is 0.483 e. The molecule has 27 heavy (non-hydrogen) atoms. The number of carbonyl (C=O) groups excluding carboxylic acids is 1. The minimum Gasteiger partial charge on any atom is -0.483 e. The zero-order valence-corrected chi connectivity index (χ0v) is 15.8. The first kappa shape index (κ1) is 18.9. The van der Waals surface area contributed by atoms with E-state index in [9.17, 15) is 4.79 Å². The Hall–Kier alpha value is -2.86. The molecule has 6 heteroatoms. The molecule has 0 aliphatic carbocycles. The molecule has 6 nitrogen and oxygen atoms in total. The van der Waals surface area contributed by atoms with E-state index >= 15 is 0 Å². The molecule has 0 unspecified atom stereocenters. The van der Waals surface area contributed by atoms with E-state index in [4.69, 9.17) is 9.47 Å². The Labute approximate surface area is 159 Å². The normalized spacial score (nSPS) is 10.9. The second-order valence-electron chi connectivity index (χ2n) is 6.23. The van der Waals surface area contributed by atoms with Gasteiger partial charge in [-0.15, -0.1) is 0 Å². The topological polar surface area (TPSA) is 65.4 Å². The molecule has 0 spiro atoms. The summed E-state index contributed by atoms with van der Waals surface area (Å²) in [4.78, 5) is 16.9. The minimum atomic E-state index is -0.236. The van der Waals surface area contributed by atoms with Crippen molar-refractivity contribution in [2.24, 2.45) is 0 Å². The number of benzene rings is 2. The summed E-state index contributed by atoms with van der Waals surface area (Å²) < 4.78 is 13.1. The van der Waals surface area contributed by atoms with Gasteiger partial charge in [0, 0.05) is 19.8 Å². The molecule has 0 aliphatic rings. The van der Waals surface area contributed by atoms with E-state index < -0.39 is 0 Å². The highest BCUT2D eigenvalue weighted by Gasteiger charge is 2.13. The van der Waals surface area contributed by atoms with Crippen molar-refractivity contribution in [3.8, 4) is 5.75 Å². The van der Waals surface area contributed by atoms with Gasteiger partial charge in [0.05, 0.1) is 11.0 Å². The van der Waals surface area contributed by atoms with Gasteiger partial charge in [-0.1, -0.05) is 30.3 Å². The molecule has 0 bridgehead atoms. The first-order chi connectivity index (χ1) is 13.2. The third kappa shape index (κ3) is 4.86. The molecule has 2 aromatic carbocycles. The predicted molar refractivity (Wildman–Crippen MR) is 106 cm³/mol. The van der Waals surface area contributed by atoms with Crippen LogP contribution in [0, 0.1) is 6.92 Å². The Kier molecular flexibility index (Phi) is 6.44. The fourth-order valence-electron chi connectivity index (χ4n) is 2.89. The Morgan fingerprint density at radius 2 is 1.93 bits per heavy atom. The number of carbonyl (C=O) groups is 1. The van der Waals surface area contributed by atoms with Crippen molar-refractivity contribution in [1.29, 1.82) is 0 Å². The number of aryl methyl sites for hydroxylation is 2. The monoisotopic (exact) mass is 367 g/mol. The molecular formula is C21H25N3O3. The maximum atomic E-state index is 12.4. The number of fused-ring (bicyclic) bond motifs is 1. The van der Waals surface area contributed by atoms with Gasteiger partial charge in [-0.2, -0.15) is 0 Å². The smallest absolute Gasteiger partial charge is 0.264 e. The number of aromatic nitrogens is 2. The van der Waals surface area contributed by atoms with Gasteiger partial charge in [-0.05, 0) is 44.0 Å². The minimum absolute atomic E-state index is 0.0625. The molecular weight excluding hydrogens is 342 g/mol. The quantitative estimate of drug-likeness (QED) is 0.585. The van der Waals surface area contributed by atoms with Crippen molar-refractivity contribution < 1.29 is 14.3 Å². The highest BCUT2D eigenvalue weighted by molar-refractivity contribution is 5.92. The van der Waals surface area contributed by atoms with E-state index in [1.54, 1.807) is 0 Å². The van der Waals surface area contributed by atoms with E-state index in [1.807, 2.05) is 66.9 Å². The van der Waals surface area contributed by atoms with Crippen LogP contribution in [0.2, 0.25) is 0 Å². The van der Waals surface area contributed by atoms with Crippen molar-refractivity contribution in [2.75, 3.05) is 25.1 Å². The predicted octanol–water partition coefficient (Wildman–Crippen LogP) is 3.79. The van der Waals surface area contributed by atoms with Gasteiger partial charge in [0.25, 0.3) is 5.91 Å². The number of imidazole rings is 1. The van der Waals surface area contributed by atoms with Crippen LogP contribution in [0.1, 0.15) is 18.9 Å². The van der Waals surface area contributed by atoms with Gasteiger partial charge in [-0.25, -0.2) is 4.98 Å². The summed E-state index contributed by atoms with van der Waals surface area (Å²) in [6.07, 6.45) is 0.844. The maximum absolute atomic E-state index is 12.4. The van der Waals surface area contributed by atoms with Crippen molar-refractivity contribution in [3.63, 3.8) is 0 Å². The van der Waals surface area contributed by atoms with Crippen LogP contribution < -0.4 is 10.1 Å². The van der Waals surface area contributed by atoms with Crippen LogP contribution in [0.4, 0.5) is 5.95 Å². The van der Waals surface area contributed by atoms with Crippen LogP contribution in [0.25, 0.3) is 11.0 Å². The number of anilines is 1. The second kappa shape index (κ2) is 9.19. The van der Waals surface area contributed by atoms with Crippen molar-refractivity contribution >= 4 is 22.9 Å². The van der Waals surface area contributed by atoms with Crippen LogP contribution in [0.15, 0.2) is 48.5 Å². The summed E-state index contributed by atoms with van der Waals surface area (Å²) in [5, 5.41) is 2.88. The molecule has 0 fully saturated rings. The van der Waals surface area contributed by atoms with E-state index in [-0.39, 0.29) is 12.5 Å². The SMILES string of the molecule is CCOCCCn1c(NC(=O)COc2ccccc2C)nc2ccccc21. The summed E-state index contributed by atoms with van der Waals surface area (Å²) in [7, 11) is 0. The van der Waals surface area contributed by atoms with E-state index in [1.165, 1.54) is 0 Å². The molecule has 142 valence electrons. The molecule has 3 aromatic rings. The number of hydrogen-bond donors (Lipinski definition) is 1. The van der Waals surface area contributed by atoms with Gasteiger partial charge in [0.2, 0.25) is 5.95 Å². The third-order valence-electron chi connectivity index (χ3n) is 4.23. The Morgan fingerprint density at radius 1 is 1.15 bits per heavy atom. The summed E-state index contributed by atoms with van der Waals surface area (Å²) in [6, 6.07) is 15.5. The Bertz CT molecular complexity index is 905. The molecule has 1 heterocycles. The van der Waals surface area contributed by atoms with Crippen LogP contribution >= 0.6 is 0 Å². The molecule has 0 aliphatic heterocycles. The van der Waals surface area contributed by atoms with Crippen molar-refractivity contribution in [3.05, 3.63) is 54.1 Å². The fraction of sp³-hybridized carbons (Fsp3) is 0.333. The molecule has 0 radical (unpaired) electrons. The maximum Gasteiger partial charge on any atom is 0.264 e. The molecule has 0 saturated heterocycles. The van der Waals surface area contributed by atoms with Gasteiger partial charge in [0.15, 0.2) is 6.61 Å². The van der Waals surface area contributed by atoms with Crippen LogP contribution in [0.3, 0.4) is 0 Å². The summed E-state index contributed by atoms with van der Waals surface area (Å²) >= 11 is 0. The molecule has 1 N–H and O–H groups in total. The first-order valence-electron chi connectivity index (χ1n) is 9.20. The van der Waals surface area contributed by atoms with Crippen LogP contribution in [0.5, 0.6) is 5.75 Å². The number of hydrogen-bond acceptors (Lipinski definition) is 4. The van der Waals surface area contributed by atoms with Crippen LogP contribution in [-0.2, 0) is 16.1 Å². The fourth-order valence-corrected chi connectivity index (χ4v) is 2.89. The zero-order valence-electron chi connectivity index (χ0n) is 15.8. The van der Waals surface area contributed by atoms with Crippen molar-refractivity contribution in [1.82, 2.24) is 9.55 Å². The average molecular weight is 367 g/mol. The summed E-state index contributed by atoms with van der Waals surface area (Å²) in [5.74, 6) is 1.00. The van der Waals surface area contributed by atoms with Crippen LogP contribution in [-0.4, -0.2) is 35.3 Å². The summed E-state index contributed by atoms with van der Waals surface area (Å²) in [6.45, 7) is 5.96. The number of amides is 1. The van der Waals surface area contributed by atoms with E-state index in [0.29, 0.717) is 24.9 Å². The lowest BCUT2D eigenvalue weighted by Crippen LogP contribution is -2.22. The number of nitrogens with one attached hydrogen (secondary N) is 1. The summed E-state index contributed by atoms with van der Waals surface area (Å²) in [5.41, 5.74) is 2.83. The lowest BCUT2D eigenvalue weighted by molar-refractivity contribution is -0.118. The third-order valence-corrected chi connectivity index (χ3v) is 4.23. The Balaban J connectivity index is 1.69. The highest BCUT2D eigenvalue weighted by Crippen LogP contribution is 2.20. The van der Waals surface area contributed by atoms with Crippen molar-refractivity contribution in [2.45, 2.75) is 26.8 Å². The molecule has 0 saturated carbocycles. The molecule has 1 aromatic heterocycles. The zero-order chi connectivity index (χ0) is 19.1. The van der Waals surface area contributed by atoms with E-state index in [2.05, 4.69) is 10.3 Å². The first-order valence-corrected chi connectivity index (χ1v) is 9.20. The Morgan fingerprint density at radius 3 is 2.74 bits per heavy atom. The van der Waals surface area contributed by atoms with Gasteiger partial charge >= 0.3 is 0 Å². The lowest BCUT2D eigenvalue weighted by atomic mass is 10.2. The second-order valence-corrected chi connectivity index (χ2v) is 6.23. The van der Waals surface area contributed by atoms with E-state index in [0.717, 1.165) is 29.6 Å².